The third-order valence-corrected chi connectivity index (χ3v) is 2.25. The van der Waals surface area contributed by atoms with Crippen molar-refractivity contribution < 1.29 is 4.79 Å². The van der Waals surface area contributed by atoms with E-state index >= 15 is 0 Å². The molecule has 2 heteroatoms. The Morgan fingerprint density at radius 2 is 1.89 bits per heavy atom. The van der Waals surface area contributed by atoms with Crippen LogP contribution in [-0.4, -0.2) is 5.78 Å². The molecule has 1 rings (SSSR count). The summed E-state index contributed by atoms with van der Waals surface area (Å²) in [5.41, 5.74) is 2.28. The molecule has 0 heterocycles. The average Bonchev–Trinajstić information content (AvgIpc) is 2.43. The second-order valence-corrected chi connectivity index (χ2v) is 4.15. The second kappa shape index (κ2) is 12.8. The van der Waals surface area contributed by atoms with Crippen molar-refractivity contribution in [3.8, 4) is 0 Å². The summed E-state index contributed by atoms with van der Waals surface area (Å²) in [4.78, 5) is 11.4. The highest BCUT2D eigenvalue weighted by Crippen LogP contribution is 2.01. The molecule has 19 heavy (non-hydrogen) atoms. The number of ketones is 1. The summed E-state index contributed by atoms with van der Waals surface area (Å²) >= 11 is 4.76. The zero-order valence-corrected chi connectivity index (χ0v) is 12.1. The molecule has 0 fully saturated rings. The summed E-state index contributed by atoms with van der Waals surface area (Å²) in [7, 11) is 0. The van der Waals surface area contributed by atoms with Gasteiger partial charge in [-0.05, 0) is 29.7 Å². The van der Waals surface area contributed by atoms with Crippen molar-refractivity contribution in [1.82, 2.24) is 0 Å². The molecule has 0 amide bonds. The van der Waals surface area contributed by atoms with E-state index < -0.39 is 0 Å². The smallest absolute Gasteiger partial charge is 0.178 e. The Morgan fingerprint density at radius 1 is 1.26 bits per heavy atom. The molecule has 0 unspecified atom stereocenters. The van der Waals surface area contributed by atoms with Gasteiger partial charge in [-0.15, -0.1) is 0 Å². The Morgan fingerprint density at radius 3 is 2.47 bits per heavy atom. The van der Waals surface area contributed by atoms with Crippen LogP contribution in [0.25, 0.3) is 6.08 Å². The summed E-state index contributed by atoms with van der Waals surface area (Å²) < 4.78 is 0. The fourth-order valence-electron chi connectivity index (χ4n) is 1.32. The van der Waals surface area contributed by atoms with Gasteiger partial charge in [-0.3, -0.25) is 4.79 Å². The minimum absolute atomic E-state index is 0.0555. The van der Waals surface area contributed by atoms with Crippen molar-refractivity contribution in [2.75, 3.05) is 0 Å². The van der Waals surface area contributed by atoms with Crippen LogP contribution in [0.4, 0.5) is 0 Å². The number of allylic oxidation sites excluding steroid dienone is 3. The van der Waals surface area contributed by atoms with Crippen LogP contribution >= 0.6 is 11.6 Å². The standard InChI is InChI=1S/C15H18O.C2H3Cl/c1-2-3-4-8-11-15(16)13-12-14-9-6-5-7-10-14;1-2-3/h5-13H,2-4H2,1H3;2H,1H2. The van der Waals surface area contributed by atoms with Crippen LogP contribution in [0.15, 0.2) is 60.7 Å². The minimum Gasteiger partial charge on any atom is -0.290 e. The number of unbranched alkanes of at least 4 members (excludes halogenated alkanes) is 2. The van der Waals surface area contributed by atoms with Crippen molar-refractivity contribution in [3.63, 3.8) is 0 Å². The summed E-state index contributed by atoms with van der Waals surface area (Å²) in [6.45, 7) is 5.27. The molecule has 1 nitrogen and oxygen atoms in total. The second-order valence-electron chi connectivity index (χ2n) is 3.85. The fraction of sp³-hybridized carbons (Fsp3) is 0.235. The van der Waals surface area contributed by atoms with Gasteiger partial charge in [-0.25, -0.2) is 0 Å². The first-order chi connectivity index (χ1) is 9.24. The molecule has 0 spiro atoms. The first-order valence-electron chi connectivity index (χ1n) is 6.39. The maximum Gasteiger partial charge on any atom is 0.178 e. The van der Waals surface area contributed by atoms with Crippen LogP contribution in [0.2, 0.25) is 0 Å². The minimum atomic E-state index is 0.0555. The van der Waals surface area contributed by atoms with E-state index in [0.29, 0.717) is 0 Å². The molecule has 0 radical (unpaired) electrons. The third kappa shape index (κ3) is 11.2. The summed E-state index contributed by atoms with van der Waals surface area (Å²) in [6.07, 6.45) is 10.3. The van der Waals surface area contributed by atoms with E-state index in [2.05, 4.69) is 13.5 Å². The first-order valence-corrected chi connectivity index (χ1v) is 6.83. The van der Waals surface area contributed by atoms with Crippen molar-refractivity contribution in [2.45, 2.75) is 26.2 Å². The molecule has 0 saturated heterocycles. The van der Waals surface area contributed by atoms with Gasteiger partial charge in [-0.2, -0.15) is 0 Å². The predicted molar refractivity (Wildman–Crippen MR) is 85.2 cm³/mol. The number of rotatable bonds is 6. The highest BCUT2D eigenvalue weighted by molar-refractivity contribution is 6.25. The zero-order chi connectivity index (χ0) is 14.3. The van der Waals surface area contributed by atoms with Crippen LogP contribution in [0.5, 0.6) is 0 Å². The molecular weight excluding hydrogens is 256 g/mol. The van der Waals surface area contributed by atoms with Crippen molar-refractivity contribution in [3.05, 3.63) is 66.2 Å². The molecule has 0 aliphatic carbocycles. The van der Waals surface area contributed by atoms with Crippen LogP contribution in [0.3, 0.4) is 0 Å². The monoisotopic (exact) mass is 276 g/mol. The molecule has 102 valence electrons. The highest BCUT2D eigenvalue weighted by atomic mass is 35.5. The fourth-order valence-corrected chi connectivity index (χ4v) is 1.32. The maximum absolute atomic E-state index is 11.4. The number of halogens is 1. The van der Waals surface area contributed by atoms with Gasteiger partial charge in [0.15, 0.2) is 5.78 Å². The molecule has 1 aromatic carbocycles. The highest BCUT2D eigenvalue weighted by Gasteiger charge is 1.89. The lowest BCUT2D eigenvalue weighted by atomic mass is 10.2. The first kappa shape index (κ1) is 17.4. The number of carbonyl (C=O) groups is 1. The van der Waals surface area contributed by atoms with Gasteiger partial charge in [0.25, 0.3) is 0 Å². The van der Waals surface area contributed by atoms with Gasteiger partial charge in [-0.1, -0.05) is 80.4 Å². The van der Waals surface area contributed by atoms with Gasteiger partial charge in [0.1, 0.15) is 0 Å². The van der Waals surface area contributed by atoms with Gasteiger partial charge >= 0.3 is 0 Å². The average molecular weight is 277 g/mol. The molecule has 0 aromatic heterocycles. The SMILES string of the molecule is C=CCl.CCCCC=CC(=O)C=Cc1ccccc1. The molecule has 0 aliphatic rings. The van der Waals surface area contributed by atoms with Crippen molar-refractivity contribution in [1.29, 1.82) is 0 Å². The largest absolute Gasteiger partial charge is 0.290 e. The maximum atomic E-state index is 11.4. The van der Waals surface area contributed by atoms with E-state index in [1.807, 2.05) is 42.5 Å². The van der Waals surface area contributed by atoms with Crippen molar-refractivity contribution >= 4 is 23.5 Å². The van der Waals surface area contributed by atoms with Gasteiger partial charge < -0.3 is 0 Å². The van der Waals surface area contributed by atoms with E-state index in [1.165, 1.54) is 12.0 Å². The topological polar surface area (TPSA) is 17.1 Å². The van der Waals surface area contributed by atoms with E-state index in [1.54, 1.807) is 12.2 Å². The van der Waals surface area contributed by atoms with E-state index in [0.717, 1.165) is 18.4 Å². The lowest BCUT2D eigenvalue weighted by Crippen LogP contribution is -1.84. The number of hydrogen-bond acceptors (Lipinski definition) is 1. The van der Waals surface area contributed by atoms with Crippen LogP contribution in [0.1, 0.15) is 31.7 Å². The molecule has 1 aromatic rings. The Labute approximate surface area is 121 Å². The number of benzene rings is 1. The summed E-state index contributed by atoms with van der Waals surface area (Å²) in [6, 6.07) is 9.83. The Balaban J connectivity index is 0.000000982. The Kier molecular flexibility index (Phi) is 11.8. The zero-order valence-electron chi connectivity index (χ0n) is 11.4. The number of carbonyl (C=O) groups excluding carboxylic acids is 1. The normalized spacial score (nSPS) is 10.2. The van der Waals surface area contributed by atoms with Crippen molar-refractivity contribution in [2.24, 2.45) is 0 Å². The van der Waals surface area contributed by atoms with Crippen LogP contribution in [0, 0.1) is 0 Å². The summed E-state index contributed by atoms with van der Waals surface area (Å²) in [5.74, 6) is 0.0555. The molecule has 0 saturated carbocycles. The Bertz CT molecular complexity index is 405. The molecule has 0 bridgehead atoms. The van der Waals surface area contributed by atoms with E-state index in [9.17, 15) is 4.79 Å². The molecule has 0 atom stereocenters. The summed E-state index contributed by atoms with van der Waals surface area (Å²) in [5, 5.41) is 0. The lowest BCUT2D eigenvalue weighted by molar-refractivity contribution is -0.110. The lowest BCUT2D eigenvalue weighted by Gasteiger charge is -1.90. The van der Waals surface area contributed by atoms with Gasteiger partial charge in [0.05, 0.1) is 0 Å². The molecule has 0 aliphatic heterocycles. The number of hydrogen-bond donors (Lipinski definition) is 0. The Hall–Kier alpha value is -1.60. The van der Waals surface area contributed by atoms with E-state index in [-0.39, 0.29) is 5.78 Å². The molecule has 0 N–H and O–H groups in total. The van der Waals surface area contributed by atoms with E-state index in [4.69, 9.17) is 11.6 Å². The van der Waals surface area contributed by atoms with Gasteiger partial charge in [0, 0.05) is 0 Å². The third-order valence-electron chi connectivity index (χ3n) is 2.25. The van der Waals surface area contributed by atoms with Crippen LogP contribution in [-0.2, 0) is 4.79 Å². The quantitative estimate of drug-likeness (QED) is 0.503. The molecular formula is C17H21ClO. The van der Waals surface area contributed by atoms with Gasteiger partial charge in [0.2, 0.25) is 0 Å². The van der Waals surface area contributed by atoms with Crippen LogP contribution < -0.4 is 0 Å². The predicted octanol–water partition coefficient (Wildman–Crippen LogP) is 5.38.